The van der Waals surface area contributed by atoms with E-state index < -0.39 is 0 Å². The van der Waals surface area contributed by atoms with Crippen molar-refractivity contribution >= 4 is 0 Å². The van der Waals surface area contributed by atoms with E-state index in [2.05, 4.69) is 38.7 Å². The lowest BCUT2D eigenvalue weighted by molar-refractivity contribution is 0.496. The number of hydrogen-bond donors (Lipinski definition) is 1. The average molecular weight is 181 g/mol. The Morgan fingerprint density at radius 3 is 2.54 bits per heavy atom. The highest BCUT2D eigenvalue weighted by atomic mass is 14.9. The van der Waals surface area contributed by atoms with Gasteiger partial charge in [-0.1, -0.05) is 25.5 Å². The molecule has 1 nitrogen and oxygen atoms in total. The highest BCUT2D eigenvalue weighted by molar-refractivity contribution is 4.99. The fourth-order valence-electron chi connectivity index (χ4n) is 1.46. The molecule has 0 bridgehead atoms. The van der Waals surface area contributed by atoms with Crippen LogP contribution >= 0.6 is 0 Å². The first-order chi connectivity index (χ1) is 6.28. The number of allylic oxidation sites excluding steroid dienone is 3. The number of rotatable bonds is 7. The molecule has 0 amide bonds. The van der Waals surface area contributed by atoms with E-state index in [-0.39, 0.29) is 0 Å². The molecule has 0 aromatic carbocycles. The second-order valence-corrected chi connectivity index (χ2v) is 3.35. The lowest BCUT2D eigenvalue weighted by Gasteiger charge is -2.15. The van der Waals surface area contributed by atoms with Crippen LogP contribution in [0.1, 0.15) is 40.0 Å². The molecule has 0 aliphatic heterocycles. The molecule has 0 saturated carbocycles. The van der Waals surface area contributed by atoms with Crippen LogP contribution in [-0.4, -0.2) is 6.54 Å². The van der Waals surface area contributed by atoms with Crippen molar-refractivity contribution in [1.82, 2.24) is 5.32 Å². The monoisotopic (exact) mass is 181 g/mol. The van der Waals surface area contributed by atoms with E-state index in [4.69, 9.17) is 0 Å². The van der Waals surface area contributed by atoms with Crippen LogP contribution in [0.15, 0.2) is 24.4 Å². The van der Waals surface area contributed by atoms with Gasteiger partial charge >= 0.3 is 0 Å². The van der Waals surface area contributed by atoms with Gasteiger partial charge in [-0.05, 0) is 32.6 Å². The Morgan fingerprint density at radius 1 is 1.46 bits per heavy atom. The molecule has 0 aliphatic rings. The summed E-state index contributed by atoms with van der Waals surface area (Å²) in [5.41, 5.74) is 1.37. The lowest BCUT2D eigenvalue weighted by atomic mass is 9.96. The van der Waals surface area contributed by atoms with Gasteiger partial charge in [-0.3, -0.25) is 0 Å². The van der Waals surface area contributed by atoms with Gasteiger partial charge in [-0.25, -0.2) is 0 Å². The zero-order valence-corrected chi connectivity index (χ0v) is 9.27. The quantitative estimate of drug-likeness (QED) is 0.593. The first kappa shape index (κ1) is 12.3. The Morgan fingerprint density at radius 2 is 2.15 bits per heavy atom. The molecule has 1 heteroatoms. The van der Waals surface area contributed by atoms with Gasteiger partial charge in [-0.15, -0.1) is 6.58 Å². The molecule has 0 radical (unpaired) electrons. The second kappa shape index (κ2) is 7.90. The largest absolute Gasteiger partial charge is 0.389 e. The van der Waals surface area contributed by atoms with Crippen LogP contribution in [0.5, 0.6) is 0 Å². The maximum absolute atomic E-state index is 3.79. The molecule has 1 unspecified atom stereocenters. The Hall–Kier alpha value is -0.720. The summed E-state index contributed by atoms with van der Waals surface area (Å²) in [7, 11) is 0. The predicted molar refractivity (Wildman–Crippen MR) is 60.6 cm³/mol. The van der Waals surface area contributed by atoms with Gasteiger partial charge in [0, 0.05) is 12.2 Å². The second-order valence-electron chi connectivity index (χ2n) is 3.35. The minimum absolute atomic E-state index is 0.753. The first-order valence-corrected chi connectivity index (χ1v) is 5.28. The topological polar surface area (TPSA) is 12.0 Å². The summed E-state index contributed by atoms with van der Waals surface area (Å²) < 4.78 is 0. The zero-order valence-electron chi connectivity index (χ0n) is 9.27. The first-order valence-electron chi connectivity index (χ1n) is 5.28. The van der Waals surface area contributed by atoms with Crippen molar-refractivity contribution in [3.8, 4) is 0 Å². The van der Waals surface area contributed by atoms with E-state index in [9.17, 15) is 0 Å². The van der Waals surface area contributed by atoms with Gasteiger partial charge in [0.05, 0.1) is 0 Å². The highest BCUT2D eigenvalue weighted by Gasteiger charge is 2.06. The van der Waals surface area contributed by atoms with Gasteiger partial charge in [0.1, 0.15) is 0 Å². The van der Waals surface area contributed by atoms with Crippen molar-refractivity contribution in [3.05, 3.63) is 24.4 Å². The SMILES string of the molecule is C=CCC(CC)C/C(=C\C)NCC. The average Bonchev–Trinajstić information content (AvgIpc) is 2.16. The maximum atomic E-state index is 3.79. The summed E-state index contributed by atoms with van der Waals surface area (Å²) >= 11 is 0. The van der Waals surface area contributed by atoms with E-state index in [1.807, 2.05) is 6.08 Å². The van der Waals surface area contributed by atoms with Crippen molar-refractivity contribution in [3.63, 3.8) is 0 Å². The van der Waals surface area contributed by atoms with Crippen molar-refractivity contribution in [2.45, 2.75) is 40.0 Å². The summed E-state index contributed by atoms with van der Waals surface area (Å²) in [6, 6.07) is 0. The standard InChI is InChI=1S/C12H23N/c1-5-9-11(6-2)10-12(7-3)13-8-4/h5,7,11,13H,1,6,8-10H2,2-4H3/b12-7+. The molecule has 1 atom stereocenters. The van der Waals surface area contributed by atoms with Gasteiger partial charge in [0.2, 0.25) is 0 Å². The third-order valence-corrected chi connectivity index (χ3v) is 2.34. The lowest BCUT2D eigenvalue weighted by Crippen LogP contribution is -2.15. The van der Waals surface area contributed by atoms with Crippen LogP contribution in [0.2, 0.25) is 0 Å². The molecule has 0 heterocycles. The van der Waals surface area contributed by atoms with Gasteiger partial charge in [0.15, 0.2) is 0 Å². The van der Waals surface area contributed by atoms with Gasteiger partial charge in [0.25, 0.3) is 0 Å². The van der Waals surface area contributed by atoms with Gasteiger partial charge < -0.3 is 5.32 Å². The van der Waals surface area contributed by atoms with E-state index in [1.54, 1.807) is 0 Å². The minimum atomic E-state index is 0.753. The fraction of sp³-hybridized carbons (Fsp3) is 0.667. The van der Waals surface area contributed by atoms with Crippen molar-refractivity contribution in [2.24, 2.45) is 5.92 Å². The molecule has 0 aromatic heterocycles. The van der Waals surface area contributed by atoms with E-state index in [0.717, 1.165) is 25.3 Å². The molecule has 76 valence electrons. The summed E-state index contributed by atoms with van der Waals surface area (Å²) in [5.74, 6) is 0.753. The van der Waals surface area contributed by atoms with Crippen LogP contribution in [0, 0.1) is 5.92 Å². The van der Waals surface area contributed by atoms with Crippen LogP contribution in [0.4, 0.5) is 0 Å². The molecule has 0 aliphatic carbocycles. The van der Waals surface area contributed by atoms with Crippen LogP contribution in [-0.2, 0) is 0 Å². The van der Waals surface area contributed by atoms with E-state index in [0.29, 0.717) is 0 Å². The molecule has 1 N–H and O–H groups in total. The molecule has 0 saturated heterocycles. The van der Waals surface area contributed by atoms with Crippen LogP contribution in [0.25, 0.3) is 0 Å². The van der Waals surface area contributed by atoms with Crippen LogP contribution < -0.4 is 5.32 Å². The summed E-state index contributed by atoms with van der Waals surface area (Å²) in [4.78, 5) is 0. The Bertz CT molecular complexity index is 159. The number of hydrogen-bond acceptors (Lipinski definition) is 1. The highest BCUT2D eigenvalue weighted by Crippen LogP contribution is 2.17. The predicted octanol–water partition coefficient (Wildman–Crippen LogP) is 3.49. The summed E-state index contributed by atoms with van der Waals surface area (Å²) in [6.07, 6.45) is 7.71. The van der Waals surface area contributed by atoms with E-state index >= 15 is 0 Å². The zero-order chi connectivity index (χ0) is 10.1. The smallest absolute Gasteiger partial charge is 0.0115 e. The molecule has 13 heavy (non-hydrogen) atoms. The molecule has 0 fully saturated rings. The Labute approximate surface area is 82.9 Å². The van der Waals surface area contributed by atoms with Crippen molar-refractivity contribution < 1.29 is 0 Å². The number of nitrogens with one attached hydrogen (secondary N) is 1. The van der Waals surface area contributed by atoms with Crippen molar-refractivity contribution in [1.29, 1.82) is 0 Å². The fourth-order valence-corrected chi connectivity index (χ4v) is 1.46. The molecule has 0 rings (SSSR count). The third-order valence-electron chi connectivity index (χ3n) is 2.34. The minimum Gasteiger partial charge on any atom is -0.389 e. The Balaban J connectivity index is 3.95. The molecule has 0 spiro atoms. The summed E-state index contributed by atoms with van der Waals surface area (Å²) in [5, 5.41) is 3.38. The molecular formula is C12H23N. The van der Waals surface area contributed by atoms with E-state index in [1.165, 1.54) is 12.1 Å². The molecule has 0 aromatic rings. The van der Waals surface area contributed by atoms with Crippen molar-refractivity contribution in [2.75, 3.05) is 6.54 Å². The summed E-state index contributed by atoms with van der Waals surface area (Å²) in [6.45, 7) is 11.3. The Kier molecular flexibility index (Phi) is 7.47. The van der Waals surface area contributed by atoms with Crippen LogP contribution in [0.3, 0.4) is 0 Å². The van der Waals surface area contributed by atoms with Gasteiger partial charge in [-0.2, -0.15) is 0 Å². The normalized spacial score (nSPS) is 13.9. The third kappa shape index (κ3) is 5.51. The molecular weight excluding hydrogens is 158 g/mol. The maximum Gasteiger partial charge on any atom is 0.0115 e.